The molecule has 0 bridgehead atoms. The zero-order valence-corrected chi connectivity index (χ0v) is 10.3. The zero-order valence-electron chi connectivity index (χ0n) is 10.3. The van der Waals surface area contributed by atoms with Crippen LogP contribution >= 0.6 is 0 Å². The van der Waals surface area contributed by atoms with Crippen molar-refractivity contribution in [3.63, 3.8) is 0 Å². The molecule has 0 saturated heterocycles. The Bertz CT molecular complexity index is 315. The van der Waals surface area contributed by atoms with Gasteiger partial charge in [-0.05, 0) is 25.0 Å². The molecule has 0 aliphatic carbocycles. The van der Waals surface area contributed by atoms with E-state index in [9.17, 15) is 0 Å². The van der Waals surface area contributed by atoms with Gasteiger partial charge in [-0.15, -0.1) is 0 Å². The number of benzene rings is 1. The smallest absolute Gasteiger partial charge is 0.0781 e. The second-order valence-corrected chi connectivity index (χ2v) is 4.06. The summed E-state index contributed by atoms with van der Waals surface area (Å²) in [5, 5.41) is 0. The number of rotatable bonds is 6. The average Bonchev–Trinajstić information content (AvgIpc) is 2.27. The van der Waals surface area contributed by atoms with Gasteiger partial charge in [-0.3, -0.25) is 0 Å². The van der Waals surface area contributed by atoms with Gasteiger partial charge in [-0.1, -0.05) is 24.3 Å². The molecule has 0 amide bonds. The highest BCUT2D eigenvalue weighted by molar-refractivity contribution is 5.28. The van der Waals surface area contributed by atoms with E-state index in [1.165, 1.54) is 5.56 Å². The lowest BCUT2D eigenvalue weighted by Gasteiger charge is -2.18. The lowest BCUT2D eigenvalue weighted by molar-refractivity contribution is 0.00323. The van der Waals surface area contributed by atoms with Crippen molar-refractivity contribution >= 4 is 0 Å². The maximum Gasteiger partial charge on any atom is 0.0781 e. The van der Waals surface area contributed by atoms with E-state index in [0.29, 0.717) is 13.2 Å². The van der Waals surface area contributed by atoms with Crippen molar-refractivity contribution in [3.05, 3.63) is 35.4 Å². The standard InChI is InChI=1S/C13H21NO2/c1-10-6-4-5-7-12(10)13(14)9-16-11(2)8-15-3/h4-7,11,13H,8-9,14H2,1-3H3. The highest BCUT2D eigenvalue weighted by Gasteiger charge is 2.10. The molecule has 0 aliphatic heterocycles. The number of nitrogens with two attached hydrogens (primary N) is 1. The summed E-state index contributed by atoms with van der Waals surface area (Å²) in [7, 11) is 1.67. The van der Waals surface area contributed by atoms with Crippen molar-refractivity contribution in [2.45, 2.75) is 26.0 Å². The fourth-order valence-corrected chi connectivity index (χ4v) is 1.64. The molecule has 3 nitrogen and oxygen atoms in total. The van der Waals surface area contributed by atoms with Crippen molar-refractivity contribution in [2.75, 3.05) is 20.3 Å². The summed E-state index contributed by atoms with van der Waals surface area (Å²) in [5.74, 6) is 0. The van der Waals surface area contributed by atoms with Crippen LogP contribution < -0.4 is 5.73 Å². The Morgan fingerprint density at radius 1 is 1.25 bits per heavy atom. The summed E-state index contributed by atoms with van der Waals surface area (Å²) in [6, 6.07) is 8.05. The van der Waals surface area contributed by atoms with E-state index in [2.05, 4.69) is 13.0 Å². The van der Waals surface area contributed by atoms with Crippen molar-refractivity contribution in [1.29, 1.82) is 0 Å². The van der Waals surface area contributed by atoms with Crippen LogP contribution in [0.4, 0.5) is 0 Å². The van der Waals surface area contributed by atoms with Crippen molar-refractivity contribution in [3.8, 4) is 0 Å². The van der Waals surface area contributed by atoms with Crippen LogP contribution in [0.5, 0.6) is 0 Å². The maximum atomic E-state index is 6.07. The highest BCUT2D eigenvalue weighted by atomic mass is 16.5. The quantitative estimate of drug-likeness (QED) is 0.802. The maximum absolute atomic E-state index is 6.07. The third-order valence-corrected chi connectivity index (χ3v) is 2.55. The van der Waals surface area contributed by atoms with E-state index < -0.39 is 0 Å². The van der Waals surface area contributed by atoms with Crippen LogP contribution in [0, 0.1) is 6.92 Å². The summed E-state index contributed by atoms with van der Waals surface area (Å²) < 4.78 is 10.6. The number of hydrogen-bond acceptors (Lipinski definition) is 3. The Labute approximate surface area is 97.6 Å². The summed E-state index contributed by atoms with van der Waals surface area (Å²) in [6.45, 7) is 5.16. The first kappa shape index (κ1) is 13.2. The molecule has 2 unspecified atom stereocenters. The predicted molar refractivity (Wildman–Crippen MR) is 65.4 cm³/mol. The van der Waals surface area contributed by atoms with Gasteiger partial charge in [0.1, 0.15) is 0 Å². The Morgan fingerprint density at radius 2 is 1.94 bits per heavy atom. The molecule has 0 fully saturated rings. The lowest BCUT2D eigenvalue weighted by Crippen LogP contribution is -2.23. The van der Waals surface area contributed by atoms with Crippen LogP contribution in [0.1, 0.15) is 24.1 Å². The van der Waals surface area contributed by atoms with Gasteiger partial charge in [0.2, 0.25) is 0 Å². The molecule has 0 aromatic heterocycles. The summed E-state index contributed by atoms with van der Waals surface area (Å²) in [5.41, 5.74) is 8.43. The summed E-state index contributed by atoms with van der Waals surface area (Å²) >= 11 is 0. The third-order valence-electron chi connectivity index (χ3n) is 2.55. The van der Waals surface area contributed by atoms with Gasteiger partial charge < -0.3 is 15.2 Å². The molecule has 16 heavy (non-hydrogen) atoms. The van der Waals surface area contributed by atoms with Gasteiger partial charge >= 0.3 is 0 Å². The van der Waals surface area contributed by atoms with E-state index in [1.54, 1.807) is 7.11 Å². The number of methoxy groups -OCH3 is 1. The minimum Gasteiger partial charge on any atom is -0.382 e. The Hall–Kier alpha value is -0.900. The second-order valence-electron chi connectivity index (χ2n) is 4.06. The molecule has 0 heterocycles. The topological polar surface area (TPSA) is 44.5 Å². The molecule has 0 spiro atoms. The van der Waals surface area contributed by atoms with Crippen LogP contribution in [0.2, 0.25) is 0 Å². The molecule has 1 aromatic rings. The van der Waals surface area contributed by atoms with Gasteiger partial charge in [0.05, 0.1) is 25.4 Å². The zero-order chi connectivity index (χ0) is 12.0. The fraction of sp³-hybridized carbons (Fsp3) is 0.538. The Kier molecular flexibility index (Phi) is 5.46. The van der Waals surface area contributed by atoms with Gasteiger partial charge in [0.25, 0.3) is 0 Å². The van der Waals surface area contributed by atoms with Gasteiger partial charge in [0, 0.05) is 7.11 Å². The van der Waals surface area contributed by atoms with Gasteiger partial charge in [0.15, 0.2) is 0 Å². The van der Waals surface area contributed by atoms with Crippen molar-refractivity contribution < 1.29 is 9.47 Å². The second kappa shape index (κ2) is 6.63. The molecule has 0 saturated carbocycles. The molecule has 3 heteroatoms. The van der Waals surface area contributed by atoms with Crippen LogP contribution in [0.3, 0.4) is 0 Å². The first-order valence-corrected chi connectivity index (χ1v) is 5.56. The average molecular weight is 223 g/mol. The molecular weight excluding hydrogens is 202 g/mol. The van der Waals surface area contributed by atoms with Crippen molar-refractivity contribution in [2.24, 2.45) is 5.73 Å². The fourth-order valence-electron chi connectivity index (χ4n) is 1.64. The monoisotopic (exact) mass is 223 g/mol. The molecule has 1 rings (SSSR count). The molecule has 0 aliphatic rings. The molecule has 0 radical (unpaired) electrons. The number of aryl methyl sites for hydroxylation is 1. The van der Waals surface area contributed by atoms with E-state index >= 15 is 0 Å². The van der Waals surface area contributed by atoms with Crippen LogP contribution in [0.15, 0.2) is 24.3 Å². The van der Waals surface area contributed by atoms with E-state index in [-0.39, 0.29) is 12.1 Å². The lowest BCUT2D eigenvalue weighted by atomic mass is 10.0. The SMILES string of the molecule is COCC(C)OCC(N)c1ccccc1C. The summed E-state index contributed by atoms with van der Waals surface area (Å²) in [6.07, 6.45) is 0.0834. The predicted octanol–water partition coefficient (Wildman–Crippen LogP) is 2.05. The Balaban J connectivity index is 2.46. The Morgan fingerprint density at radius 3 is 2.56 bits per heavy atom. The van der Waals surface area contributed by atoms with E-state index in [1.807, 2.05) is 25.1 Å². The molecule has 2 N–H and O–H groups in total. The largest absolute Gasteiger partial charge is 0.382 e. The van der Waals surface area contributed by atoms with Crippen LogP contribution in [0.25, 0.3) is 0 Å². The molecule has 1 aromatic carbocycles. The summed E-state index contributed by atoms with van der Waals surface area (Å²) in [4.78, 5) is 0. The molecule has 90 valence electrons. The van der Waals surface area contributed by atoms with Gasteiger partial charge in [-0.25, -0.2) is 0 Å². The van der Waals surface area contributed by atoms with E-state index in [4.69, 9.17) is 15.2 Å². The van der Waals surface area contributed by atoms with Crippen molar-refractivity contribution in [1.82, 2.24) is 0 Å². The van der Waals surface area contributed by atoms with E-state index in [0.717, 1.165) is 5.56 Å². The van der Waals surface area contributed by atoms with Crippen LogP contribution in [-0.4, -0.2) is 26.4 Å². The molecular formula is C13H21NO2. The normalized spacial score (nSPS) is 14.8. The number of ether oxygens (including phenoxy) is 2. The third kappa shape index (κ3) is 3.93. The first-order chi connectivity index (χ1) is 7.65. The minimum absolute atomic E-state index is 0.0690. The van der Waals surface area contributed by atoms with Crippen LogP contribution in [-0.2, 0) is 9.47 Å². The highest BCUT2D eigenvalue weighted by Crippen LogP contribution is 2.15. The molecule has 2 atom stereocenters. The number of hydrogen-bond donors (Lipinski definition) is 1. The van der Waals surface area contributed by atoms with Gasteiger partial charge in [-0.2, -0.15) is 0 Å². The first-order valence-electron chi connectivity index (χ1n) is 5.56. The minimum atomic E-state index is -0.0690.